The molecule has 0 aliphatic heterocycles. The van der Waals surface area contributed by atoms with E-state index in [0.717, 1.165) is 18.4 Å². The summed E-state index contributed by atoms with van der Waals surface area (Å²) in [6.45, 7) is 5.20. The summed E-state index contributed by atoms with van der Waals surface area (Å²) in [4.78, 5) is 23.0. The van der Waals surface area contributed by atoms with Crippen LogP contribution in [0.2, 0.25) is 0 Å². The van der Waals surface area contributed by atoms with Crippen molar-refractivity contribution in [3.8, 4) is 0 Å². The predicted molar refractivity (Wildman–Crippen MR) is 90.6 cm³/mol. The van der Waals surface area contributed by atoms with Gasteiger partial charge in [0, 0.05) is 0 Å². The van der Waals surface area contributed by atoms with E-state index in [9.17, 15) is 14.9 Å². The number of nitro groups is 1. The zero-order valence-corrected chi connectivity index (χ0v) is 14.2. The molecule has 0 aliphatic carbocycles. The molecule has 2 rings (SSSR count). The Morgan fingerprint density at radius 3 is 2.54 bits per heavy atom. The molecule has 1 heterocycles. The first-order valence-electron chi connectivity index (χ1n) is 7.96. The molecule has 7 nitrogen and oxygen atoms in total. The fourth-order valence-corrected chi connectivity index (χ4v) is 2.78. The molecule has 2 aromatic rings. The number of aromatic nitrogens is 2. The highest BCUT2D eigenvalue weighted by Gasteiger charge is 2.23. The third-order valence-corrected chi connectivity index (χ3v) is 3.93. The van der Waals surface area contributed by atoms with Gasteiger partial charge in [0.1, 0.15) is 17.9 Å². The van der Waals surface area contributed by atoms with Crippen molar-refractivity contribution in [2.45, 2.75) is 46.2 Å². The van der Waals surface area contributed by atoms with Gasteiger partial charge >= 0.3 is 5.69 Å². The lowest BCUT2D eigenvalue weighted by Crippen LogP contribution is -2.32. The van der Waals surface area contributed by atoms with E-state index in [0.29, 0.717) is 11.4 Å². The first-order chi connectivity index (χ1) is 11.4. The Bertz CT molecular complexity index is 725. The van der Waals surface area contributed by atoms with Crippen LogP contribution in [-0.2, 0) is 11.3 Å². The van der Waals surface area contributed by atoms with Crippen LogP contribution in [0, 0.1) is 24.0 Å². The molecule has 0 bridgehead atoms. The molecule has 1 unspecified atom stereocenters. The number of benzene rings is 1. The second-order valence-corrected chi connectivity index (χ2v) is 5.75. The summed E-state index contributed by atoms with van der Waals surface area (Å²) in [5.74, 6) is -0.210. The highest BCUT2D eigenvalue weighted by atomic mass is 16.6. The maximum absolute atomic E-state index is 12.4. The van der Waals surface area contributed by atoms with Crippen molar-refractivity contribution in [1.29, 1.82) is 0 Å². The molecule has 7 heteroatoms. The molecule has 0 saturated carbocycles. The molecule has 0 aliphatic rings. The molecule has 1 N–H and O–H groups in total. The zero-order valence-electron chi connectivity index (χ0n) is 14.2. The SMILES string of the molecule is CCCC(NC(=O)Cn1nc(C)c([N+](=O)[O-])c1C)c1ccccc1. The smallest absolute Gasteiger partial charge is 0.312 e. The normalized spacial score (nSPS) is 12.0. The van der Waals surface area contributed by atoms with E-state index in [4.69, 9.17) is 0 Å². The fraction of sp³-hybridized carbons (Fsp3) is 0.412. The molecular weight excluding hydrogens is 308 g/mol. The molecule has 0 fully saturated rings. The van der Waals surface area contributed by atoms with Crippen molar-refractivity contribution in [1.82, 2.24) is 15.1 Å². The van der Waals surface area contributed by atoms with E-state index in [2.05, 4.69) is 17.3 Å². The second kappa shape index (κ2) is 7.72. The summed E-state index contributed by atoms with van der Waals surface area (Å²) in [6.07, 6.45) is 1.76. The number of nitrogens with one attached hydrogen (secondary N) is 1. The average molecular weight is 330 g/mol. The molecule has 1 amide bonds. The standard InChI is InChI=1S/C17H22N4O3/c1-4-8-15(14-9-6-5-7-10-14)18-16(22)11-20-13(3)17(21(23)24)12(2)19-20/h5-7,9-10,15H,4,8,11H2,1-3H3,(H,18,22). The predicted octanol–water partition coefficient (Wildman–Crippen LogP) is 3.07. The van der Waals surface area contributed by atoms with E-state index >= 15 is 0 Å². The van der Waals surface area contributed by atoms with Gasteiger partial charge in [0.25, 0.3) is 0 Å². The van der Waals surface area contributed by atoms with Crippen molar-refractivity contribution < 1.29 is 9.72 Å². The van der Waals surface area contributed by atoms with Gasteiger partial charge in [0.05, 0.1) is 11.0 Å². The lowest BCUT2D eigenvalue weighted by Gasteiger charge is -2.18. The highest BCUT2D eigenvalue weighted by molar-refractivity contribution is 5.76. The first-order valence-corrected chi connectivity index (χ1v) is 7.96. The number of amides is 1. The Hall–Kier alpha value is -2.70. The van der Waals surface area contributed by atoms with Crippen LogP contribution in [-0.4, -0.2) is 20.6 Å². The number of rotatable bonds is 7. The van der Waals surface area contributed by atoms with Crippen LogP contribution in [0.5, 0.6) is 0 Å². The molecule has 128 valence electrons. The Morgan fingerprint density at radius 2 is 2.00 bits per heavy atom. The average Bonchev–Trinajstić information content (AvgIpc) is 2.81. The zero-order chi connectivity index (χ0) is 17.7. The van der Waals surface area contributed by atoms with Gasteiger partial charge in [-0.05, 0) is 25.8 Å². The van der Waals surface area contributed by atoms with Gasteiger partial charge in [-0.25, -0.2) is 0 Å². The summed E-state index contributed by atoms with van der Waals surface area (Å²) in [5, 5.41) is 18.2. The molecule has 1 aromatic heterocycles. The summed E-state index contributed by atoms with van der Waals surface area (Å²) >= 11 is 0. The fourth-order valence-electron chi connectivity index (χ4n) is 2.78. The summed E-state index contributed by atoms with van der Waals surface area (Å²) < 4.78 is 1.39. The van der Waals surface area contributed by atoms with Crippen molar-refractivity contribution >= 4 is 11.6 Å². The number of carbonyl (C=O) groups is 1. The minimum absolute atomic E-state index is 0.0315. The number of carbonyl (C=O) groups excluding carboxylic acids is 1. The van der Waals surface area contributed by atoms with Crippen molar-refractivity contribution in [3.05, 3.63) is 57.4 Å². The number of nitrogens with zero attached hydrogens (tertiary/aromatic N) is 3. The summed E-state index contributed by atoms with van der Waals surface area (Å²) in [7, 11) is 0. The van der Waals surface area contributed by atoms with Crippen LogP contribution >= 0.6 is 0 Å². The lowest BCUT2D eigenvalue weighted by atomic mass is 10.0. The molecule has 0 radical (unpaired) electrons. The third-order valence-electron chi connectivity index (χ3n) is 3.93. The second-order valence-electron chi connectivity index (χ2n) is 5.75. The van der Waals surface area contributed by atoms with Gasteiger partial charge in [0.2, 0.25) is 5.91 Å². The summed E-state index contributed by atoms with van der Waals surface area (Å²) in [6, 6.07) is 9.70. The Kier molecular flexibility index (Phi) is 5.68. The Balaban J connectivity index is 2.12. The first kappa shape index (κ1) is 17.7. The third kappa shape index (κ3) is 3.98. The van der Waals surface area contributed by atoms with Crippen molar-refractivity contribution in [2.24, 2.45) is 0 Å². The number of hydrogen-bond acceptors (Lipinski definition) is 4. The molecular formula is C17H22N4O3. The van der Waals surface area contributed by atoms with Gasteiger partial charge < -0.3 is 5.32 Å². The van der Waals surface area contributed by atoms with E-state index in [1.807, 2.05) is 30.3 Å². The molecule has 1 atom stereocenters. The van der Waals surface area contributed by atoms with Crippen LogP contribution in [0.3, 0.4) is 0 Å². The van der Waals surface area contributed by atoms with E-state index in [1.165, 1.54) is 4.68 Å². The van der Waals surface area contributed by atoms with Crippen molar-refractivity contribution in [2.75, 3.05) is 0 Å². The van der Waals surface area contributed by atoms with E-state index < -0.39 is 4.92 Å². The lowest BCUT2D eigenvalue weighted by molar-refractivity contribution is -0.386. The molecule has 24 heavy (non-hydrogen) atoms. The largest absolute Gasteiger partial charge is 0.348 e. The van der Waals surface area contributed by atoms with Gasteiger partial charge in [-0.2, -0.15) is 5.10 Å². The Morgan fingerprint density at radius 1 is 1.33 bits per heavy atom. The van der Waals surface area contributed by atoms with Crippen LogP contribution in [0.25, 0.3) is 0 Å². The van der Waals surface area contributed by atoms with E-state index in [1.54, 1.807) is 13.8 Å². The van der Waals surface area contributed by atoms with Gasteiger partial charge in [0.15, 0.2) is 0 Å². The summed E-state index contributed by atoms with van der Waals surface area (Å²) in [5.41, 5.74) is 1.72. The van der Waals surface area contributed by atoms with Crippen LogP contribution in [0.4, 0.5) is 5.69 Å². The number of aryl methyl sites for hydroxylation is 1. The maximum Gasteiger partial charge on any atom is 0.312 e. The quantitative estimate of drug-likeness (QED) is 0.624. The molecule has 0 saturated heterocycles. The topological polar surface area (TPSA) is 90.1 Å². The molecule has 0 spiro atoms. The van der Waals surface area contributed by atoms with Crippen LogP contribution < -0.4 is 5.32 Å². The van der Waals surface area contributed by atoms with E-state index in [-0.39, 0.29) is 24.2 Å². The van der Waals surface area contributed by atoms with Gasteiger partial charge in [-0.3, -0.25) is 19.6 Å². The van der Waals surface area contributed by atoms with Crippen molar-refractivity contribution in [3.63, 3.8) is 0 Å². The monoisotopic (exact) mass is 330 g/mol. The molecule has 1 aromatic carbocycles. The van der Waals surface area contributed by atoms with Gasteiger partial charge in [-0.1, -0.05) is 43.7 Å². The van der Waals surface area contributed by atoms with Gasteiger partial charge in [-0.15, -0.1) is 0 Å². The number of hydrogen-bond donors (Lipinski definition) is 1. The van der Waals surface area contributed by atoms with Crippen LogP contribution in [0.1, 0.15) is 42.8 Å². The highest BCUT2D eigenvalue weighted by Crippen LogP contribution is 2.22. The Labute approximate surface area is 140 Å². The minimum Gasteiger partial charge on any atom is -0.348 e. The maximum atomic E-state index is 12.4. The van der Waals surface area contributed by atoms with Crippen LogP contribution in [0.15, 0.2) is 30.3 Å². The minimum atomic E-state index is -0.462.